The zero-order valence-electron chi connectivity index (χ0n) is 28.5. The van der Waals surface area contributed by atoms with E-state index in [0.717, 1.165) is 16.5 Å². The van der Waals surface area contributed by atoms with Gasteiger partial charge in [-0.05, 0) is 42.7 Å². The van der Waals surface area contributed by atoms with Crippen molar-refractivity contribution in [3.05, 3.63) is 36.0 Å². The topological polar surface area (TPSA) is 227 Å². The van der Waals surface area contributed by atoms with Gasteiger partial charge in [0.25, 0.3) is 0 Å². The number of hydrogen-bond donors (Lipinski definition) is 7. The average Bonchev–Trinajstić information content (AvgIpc) is 3.69. The summed E-state index contributed by atoms with van der Waals surface area (Å²) in [5.74, 6) is -7.62. The Morgan fingerprint density at radius 2 is 1.45 bits per heavy atom. The Bertz CT molecular complexity index is 1630. The predicted octanol–water partition coefficient (Wildman–Crippen LogP) is 1.46. The van der Waals surface area contributed by atoms with Crippen LogP contribution in [0.15, 0.2) is 30.5 Å². The van der Waals surface area contributed by atoms with E-state index in [0.29, 0.717) is 12.8 Å². The third-order valence-corrected chi connectivity index (χ3v) is 8.39. The number of halogens is 3. The van der Waals surface area contributed by atoms with Crippen LogP contribution in [0.2, 0.25) is 0 Å². The Labute approximate surface area is 291 Å². The first-order chi connectivity index (χ1) is 23.8. The van der Waals surface area contributed by atoms with Gasteiger partial charge in [-0.15, -0.1) is 0 Å². The van der Waals surface area contributed by atoms with Crippen molar-refractivity contribution in [3.8, 4) is 0 Å². The molecule has 7 N–H and O–H groups in total. The predicted molar refractivity (Wildman–Crippen MR) is 175 cm³/mol. The van der Waals surface area contributed by atoms with Crippen LogP contribution in [0, 0.1) is 11.8 Å². The van der Waals surface area contributed by atoms with E-state index in [1.165, 1.54) is 4.90 Å². The van der Waals surface area contributed by atoms with Crippen molar-refractivity contribution in [2.24, 2.45) is 11.8 Å². The number of carbonyl (C=O) groups excluding carboxylic acids is 5. The van der Waals surface area contributed by atoms with E-state index in [-0.39, 0.29) is 31.2 Å². The number of aromatic nitrogens is 1. The maximum atomic E-state index is 13.8. The lowest BCUT2D eigenvalue weighted by molar-refractivity contribution is -0.192. The second-order valence-corrected chi connectivity index (χ2v) is 13.2. The summed E-state index contributed by atoms with van der Waals surface area (Å²) >= 11 is 0. The van der Waals surface area contributed by atoms with E-state index in [2.05, 4.69) is 26.3 Å². The Morgan fingerprint density at radius 1 is 0.863 bits per heavy atom. The molecule has 5 amide bonds. The van der Waals surface area contributed by atoms with E-state index >= 15 is 0 Å². The minimum Gasteiger partial charge on any atom is -0.481 e. The molecule has 2 aromatic rings. The first-order valence-corrected chi connectivity index (χ1v) is 16.4. The minimum absolute atomic E-state index is 0.00858. The fourth-order valence-electron chi connectivity index (χ4n) is 5.90. The Hall–Kier alpha value is -5.16. The number of aliphatic carboxylic acids is 2. The Morgan fingerprint density at radius 3 is 2.04 bits per heavy atom. The highest BCUT2D eigenvalue weighted by Gasteiger charge is 2.42. The second-order valence-electron chi connectivity index (χ2n) is 13.2. The third kappa shape index (κ3) is 10.9. The number of carboxylic acid groups (broad SMARTS) is 2. The molecule has 15 nitrogen and oxygen atoms in total. The van der Waals surface area contributed by atoms with Crippen LogP contribution in [0.5, 0.6) is 0 Å². The van der Waals surface area contributed by atoms with Crippen LogP contribution < -0.4 is 21.3 Å². The monoisotopic (exact) mass is 724 g/mol. The summed E-state index contributed by atoms with van der Waals surface area (Å²) in [6.07, 6.45) is -2.98. The molecule has 2 aliphatic rings. The van der Waals surface area contributed by atoms with Gasteiger partial charge in [0.2, 0.25) is 29.5 Å². The zero-order chi connectivity index (χ0) is 38.2. The molecule has 280 valence electrons. The first-order valence-electron chi connectivity index (χ1n) is 16.4. The normalized spacial score (nSPS) is 23.7. The van der Waals surface area contributed by atoms with Gasteiger partial charge in [0.1, 0.15) is 30.2 Å². The molecule has 0 aliphatic carbocycles. The van der Waals surface area contributed by atoms with Gasteiger partial charge in [-0.25, -0.2) is 4.79 Å². The molecule has 4 rings (SSSR count). The molecule has 5 atom stereocenters. The molecule has 3 heterocycles. The van der Waals surface area contributed by atoms with E-state index in [9.17, 15) is 47.0 Å². The summed E-state index contributed by atoms with van der Waals surface area (Å²) in [5.41, 5.74) is 1.55. The van der Waals surface area contributed by atoms with Crippen LogP contribution in [-0.4, -0.2) is 105 Å². The Kier molecular flexibility index (Phi) is 13.6. The number of fused-ring (bicyclic) bond motifs is 2. The van der Waals surface area contributed by atoms with Gasteiger partial charge in [0, 0.05) is 30.1 Å². The fraction of sp³-hybridized carbons (Fsp3) is 0.545. The lowest BCUT2D eigenvalue weighted by Gasteiger charge is -2.30. The molecule has 1 aromatic carbocycles. The van der Waals surface area contributed by atoms with Crippen molar-refractivity contribution in [1.82, 2.24) is 31.2 Å². The number of carboxylic acids is 2. The highest BCUT2D eigenvalue weighted by Crippen LogP contribution is 2.22. The third-order valence-electron chi connectivity index (χ3n) is 8.39. The molecule has 1 aromatic heterocycles. The van der Waals surface area contributed by atoms with E-state index in [4.69, 9.17) is 9.90 Å². The minimum atomic E-state index is -5.08. The maximum Gasteiger partial charge on any atom is 0.490 e. The lowest BCUT2D eigenvalue weighted by atomic mass is 9.98. The summed E-state index contributed by atoms with van der Waals surface area (Å²) in [4.78, 5) is 93.3. The SMILES string of the molecule is CC(C)C[C@@H]1NC(=O)[C@@H](C(C)C)NC(=O)[C@@H]2CCCN2C(=O)[C@@H](CC(=O)O)NC(=O)[C@@H](Cc2c[nH]c3ccccc23)NC1=O.O=C(O)C(F)(F)F. The van der Waals surface area contributed by atoms with Gasteiger partial charge < -0.3 is 41.4 Å². The van der Waals surface area contributed by atoms with Gasteiger partial charge in [0.05, 0.1) is 6.42 Å². The number of nitrogens with zero attached hydrogens (tertiary/aromatic N) is 1. The summed E-state index contributed by atoms with van der Waals surface area (Å²) < 4.78 is 31.7. The molecule has 51 heavy (non-hydrogen) atoms. The molecule has 0 unspecified atom stereocenters. The molecule has 2 fully saturated rings. The van der Waals surface area contributed by atoms with Crippen LogP contribution in [0.4, 0.5) is 13.2 Å². The van der Waals surface area contributed by atoms with Gasteiger partial charge in [-0.2, -0.15) is 13.2 Å². The van der Waals surface area contributed by atoms with Gasteiger partial charge in [-0.3, -0.25) is 28.8 Å². The molecule has 0 saturated carbocycles. The quantitative estimate of drug-likeness (QED) is 0.219. The smallest absolute Gasteiger partial charge is 0.481 e. The zero-order valence-corrected chi connectivity index (χ0v) is 28.5. The molecule has 0 spiro atoms. The van der Waals surface area contributed by atoms with Gasteiger partial charge in [0.15, 0.2) is 0 Å². The summed E-state index contributed by atoms with van der Waals surface area (Å²) in [5, 5.41) is 28.4. The Balaban J connectivity index is 0.000000908. The number of carbonyl (C=O) groups is 7. The fourth-order valence-corrected chi connectivity index (χ4v) is 5.90. The van der Waals surface area contributed by atoms with Crippen LogP contribution in [0.3, 0.4) is 0 Å². The standard InChI is InChI=1S/C31H42N6O7.C2HF3O2/c1-16(2)12-21-27(40)33-22(13-18-15-32-20-9-6-5-8-19(18)20)28(41)35-23(14-25(38)39)31(44)37-11-7-10-24(37)29(42)36-26(17(3)4)30(43)34-21;3-2(4,5)1(6)7/h5-6,8-9,15-17,21-24,26,32H,7,10-14H2,1-4H3,(H,33,40)(H,34,43)(H,35,41)(H,36,42)(H,38,39);(H,6,7)/t21-,22+,23+,24-,26+;/m0./s1. The molecular formula is C33H43F3N6O9. The van der Waals surface area contributed by atoms with Crippen molar-refractivity contribution in [3.63, 3.8) is 0 Å². The van der Waals surface area contributed by atoms with Crippen molar-refractivity contribution < 1.29 is 56.9 Å². The number of nitrogens with one attached hydrogen (secondary N) is 5. The van der Waals surface area contributed by atoms with Crippen molar-refractivity contribution in [1.29, 1.82) is 0 Å². The van der Waals surface area contributed by atoms with Crippen LogP contribution in [0.25, 0.3) is 10.9 Å². The molecule has 0 bridgehead atoms. The first kappa shape index (κ1) is 40.3. The van der Waals surface area contributed by atoms with E-state index < -0.39 is 84.3 Å². The van der Waals surface area contributed by atoms with E-state index in [1.54, 1.807) is 20.0 Å². The van der Waals surface area contributed by atoms with Crippen molar-refractivity contribution >= 4 is 52.4 Å². The maximum absolute atomic E-state index is 13.8. The average molecular weight is 725 g/mol. The van der Waals surface area contributed by atoms with Crippen molar-refractivity contribution in [2.45, 2.75) is 96.2 Å². The molecule has 2 saturated heterocycles. The van der Waals surface area contributed by atoms with Gasteiger partial charge in [-0.1, -0.05) is 45.9 Å². The summed E-state index contributed by atoms with van der Waals surface area (Å²) in [7, 11) is 0. The molecule has 18 heteroatoms. The number of hydrogen-bond acceptors (Lipinski definition) is 7. The summed E-state index contributed by atoms with van der Waals surface area (Å²) in [6, 6.07) is 1.79. The second kappa shape index (κ2) is 17.2. The molecule has 2 aliphatic heterocycles. The molecule has 0 radical (unpaired) electrons. The number of rotatable bonds is 7. The number of alkyl halides is 3. The number of amides is 5. The van der Waals surface area contributed by atoms with E-state index in [1.807, 2.05) is 38.1 Å². The summed E-state index contributed by atoms with van der Waals surface area (Å²) in [6.45, 7) is 7.49. The number of H-pyrrole nitrogens is 1. The van der Waals surface area contributed by atoms with Crippen LogP contribution in [-0.2, 0) is 40.0 Å². The highest BCUT2D eigenvalue weighted by atomic mass is 19.4. The number of aromatic amines is 1. The number of benzene rings is 1. The molecular weight excluding hydrogens is 681 g/mol. The van der Waals surface area contributed by atoms with Crippen LogP contribution in [0.1, 0.15) is 58.9 Å². The number of para-hydroxylation sites is 1. The van der Waals surface area contributed by atoms with Crippen molar-refractivity contribution in [2.75, 3.05) is 6.54 Å². The lowest BCUT2D eigenvalue weighted by Crippen LogP contribution is -2.59. The largest absolute Gasteiger partial charge is 0.490 e. The van der Waals surface area contributed by atoms with Crippen LogP contribution >= 0.6 is 0 Å². The van der Waals surface area contributed by atoms with Gasteiger partial charge >= 0.3 is 18.1 Å². The highest BCUT2D eigenvalue weighted by molar-refractivity contribution is 5.99.